The van der Waals surface area contributed by atoms with Crippen LogP contribution in [0.2, 0.25) is 0 Å². The van der Waals surface area contributed by atoms with Gasteiger partial charge in [-0.2, -0.15) is 0 Å². The number of aromatic nitrogens is 1. The number of thiazole rings is 1. The van der Waals surface area contributed by atoms with Gasteiger partial charge in [0.1, 0.15) is 10.6 Å². The van der Waals surface area contributed by atoms with Gasteiger partial charge in [0.05, 0.1) is 37.6 Å². The normalized spacial score (nSPS) is 16.3. The number of amides is 1. The first-order valence-corrected chi connectivity index (χ1v) is 14.0. The number of nitrogens with zero attached hydrogens (tertiary/aromatic N) is 2. The van der Waals surface area contributed by atoms with E-state index in [0.717, 1.165) is 30.6 Å². The predicted octanol–water partition coefficient (Wildman–Crippen LogP) is 5.83. The molecule has 0 aliphatic carbocycles. The van der Waals surface area contributed by atoms with Gasteiger partial charge in [0, 0.05) is 5.56 Å². The van der Waals surface area contributed by atoms with Crippen LogP contribution in [0.4, 0.5) is 5.13 Å². The minimum absolute atomic E-state index is 0.0947. The number of benzene rings is 2. The topological polar surface area (TPSA) is 115 Å². The van der Waals surface area contributed by atoms with Gasteiger partial charge >= 0.3 is 11.9 Å². The number of anilines is 1. The average Bonchev–Trinajstić information content (AvgIpc) is 3.47. The number of esters is 1. The van der Waals surface area contributed by atoms with E-state index in [1.165, 1.54) is 12.0 Å². The standard InChI is InChI=1S/C30H32N2O7S/c1-5-7-11-16-39-21-15-14-20(17-22(21)38-6-2)24-23(25(33)19-12-9-8-10-13-19)26(34)28(35)32(24)30-31-18(3)27(40-30)29(36)37-4/h8-10,12-15,17,24,33H,5-7,11,16H2,1-4H3/b25-23+. The van der Waals surface area contributed by atoms with Crippen molar-refractivity contribution in [1.82, 2.24) is 4.98 Å². The zero-order valence-electron chi connectivity index (χ0n) is 22.9. The van der Waals surface area contributed by atoms with Crippen molar-refractivity contribution in [3.63, 3.8) is 0 Å². The van der Waals surface area contributed by atoms with Gasteiger partial charge in [0.2, 0.25) is 0 Å². The SMILES string of the molecule is CCCCCOc1ccc(C2/C(=C(\O)c3ccccc3)C(=O)C(=O)N2c2nc(C)c(C(=O)OC)s2)cc1OCC. The number of carbonyl (C=O) groups excluding carboxylic acids is 3. The second kappa shape index (κ2) is 12.8. The van der Waals surface area contributed by atoms with Gasteiger partial charge in [-0.05, 0) is 38.0 Å². The number of aliphatic hydroxyl groups is 1. The molecular weight excluding hydrogens is 532 g/mol. The monoisotopic (exact) mass is 564 g/mol. The summed E-state index contributed by atoms with van der Waals surface area (Å²) in [6, 6.07) is 12.7. The Morgan fingerprint density at radius 3 is 2.48 bits per heavy atom. The Hall–Kier alpha value is -4.18. The number of rotatable bonds is 11. The molecule has 1 fully saturated rings. The van der Waals surface area contributed by atoms with Gasteiger partial charge < -0.3 is 19.3 Å². The highest BCUT2D eigenvalue weighted by atomic mass is 32.1. The Morgan fingerprint density at radius 1 is 1.05 bits per heavy atom. The number of methoxy groups -OCH3 is 1. The maximum absolute atomic E-state index is 13.5. The van der Waals surface area contributed by atoms with Crippen molar-refractivity contribution in [3.05, 3.63) is 75.8 Å². The van der Waals surface area contributed by atoms with Crippen molar-refractivity contribution in [2.45, 2.75) is 46.1 Å². The van der Waals surface area contributed by atoms with E-state index in [0.29, 0.717) is 41.5 Å². The number of Topliss-reactive ketones (excluding diaryl/α,β-unsaturated/α-hetero) is 1. The molecule has 10 heteroatoms. The Labute approximate surface area is 237 Å². The molecule has 210 valence electrons. The van der Waals surface area contributed by atoms with E-state index in [-0.39, 0.29) is 21.3 Å². The van der Waals surface area contributed by atoms with Crippen LogP contribution in [0, 0.1) is 6.92 Å². The van der Waals surface area contributed by atoms with Gasteiger partial charge in [-0.25, -0.2) is 9.78 Å². The minimum atomic E-state index is -1.04. The fourth-order valence-electron chi connectivity index (χ4n) is 4.48. The third kappa shape index (κ3) is 5.72. The first-order chi connectivity index (χ1) is 19.3. The summed E-state index contributed by atoms with van der Waals surface area (Å²) in [6.07, 6.45) is 3.00. The predicted molar refractivity (Wildman–Crippen MR) is 152 cm³/mol. The molecule has 1 N–H and O–H groups in total. The molecular formula is C30H32N2O7S. The van der Waals surface area contributed by atoms with Crippen LogP contribution in [0.15, 0.2) is 54.1 Å². The van der Waals surface area contributed by atoms with Crippen molar-refractivity contribution in [1.29, 1.82) is 0 Å². The highest BCUT2D eigenvalue weighted by Crippen LogP contribution is 2.45. The molecule has 1 aliphatic heterocycles. The number of hydrogen-bond acceptors (Lipinski definition) is 9. The molecule has 0 radical (unpaired) electrons. The molecule has 0 saturated carbocycles. The molecule has 40 heavy (non-hydrogen) atoms. The van der Waals surface area contributed by atoms with Crippen LogP contribution >= 0.6 is 11.3 Å². The van der Waals surface area contributed by atoms with Gasteiger partial charge in [-0.15, -0.1) is 0 Å². The quantitative estimate of drug-likeness (QED) is 0.102. The van der Waals surface area contributed by atoms with Crippen molar-refractivity contribution in [3.8, 4) is 11.5 Å². The zero-order valence-corrected chi connectivity index (χ0v) is 23.7. The molecule has 9 nitrogen and oxygen atoms in total. The summed E-state index contributed by atoms with van der Waals surface area (Å²) >= 11 is 0.944. The molecule has 1 atom stereocenters. The van der Waals surface area contributed by atoms with E-state index in [4.69, 9.17) is 14.2 Å². The van der Waals surface area contributed by atoms with Gasteiger partial charge in [0.25, 0.3) is 5.78 Å². The maximum atomic E-state index is 13.5. The van der Waals surface area contributed by atoms with E-state index in [1.807, 2.05) is 6.92 Å². The van der Waals surface area contributed by atoms with Crippen LogP contribution in [0.1, 0.15) is 65.6 Å². The Kier molecular flexibility index (Phi) is 9.21. The lowest BCUT2D eigenvalue weighted by Gasteiger charge is -2.24. The summed E-state index contributed by atoms with van der Waals surface area (Å²) in [6.45, 7) is 6.48. The van der Waals surface area contributed by atoms with Crippen LogP contribution in [-0.4, -0.2) is 48.1 Å². The third-order valence-electron chi connectivity index (χ3n) is 6.44. The molecule has 0 bridgehead atoms. The van der Waals surface area contributed by atoms with Crippen molar-refractivity contribution in [2.24, 2.45) is 0 Å². The molecule has 2 heterocycles. The smallest absolute Gasteiger partial charge is 0.350 e. The summed E-state index contributed by atoms with van der Waals surface area (Å²) in [4.78, 5) is 45.1. The maximum Gasteiger partial charge on any atom is 0.350 e. The summed E-state index contributed by atoms with van der Waals surface area (Å²) in [7, 11) is 1.26. The molecule has 4 rings (SSSR count). The summed E-state index contributed by atoms with van der Waals surface area (Å²) < 4.78 is 16.7. The Bertz CT molecular complexity index is 1430. The van der Waals surface area contributed by atoms with E-state index >= 15 is 0 Å². The number of ketones is 1. The van der Waals surface area contributed by atoms with Crippen LogP contribution in [0.5, 0.6) is 11.5 Å². The van der Waals surface area contributed by atoms with Crippen LogP contribution in [-0.2, 0) is 14.3 Å². The third-order valence-corrected chi connectivity index (χ3v) is 7.58. The van der Waals surface area contributed by atoms with E-state index in [1.54, 1.807) is 55.5 Å². The van der Waals surface area contributed by atoms with Crippen LogP contribution < -0.4 is 14.4 Å². The lowest BCUT2D eigenvalue weighted by Crippen LogP contribution is -2.29. The van der Waals surface area contributed by atoms with E-state index < -0.39 is 23.7 Å². The van der Waals surface area contributed by atoms with E-state index in [9.17, 15) is 19.5 Å². The molecule has 0 spiro atoms. The largest absolute Gasteiger partial charge is 0.507 e. The molecule has 3 aromatic rings. The number of carbonyl (C=O) groups is 3. The Morgan fingerprint density at radius 2 is 1.80 bits per heavy atom. The second-order valence-electron chi connectivity index (χ2n) is 9.13. The summed E-state index contributed by atoms with van der Waals surface area (Å²) in [5.41, 5.74) is 1.16. The fraction of sp³-hybridized carbons (Fsp3) is 0.333. The first kappa shape index (κ1) is 28.8. The molecule has 1 saturated heterocycles. The minimum Gasteiger partial charge on any atom is -0.507 e. The number of aryl methyl sites for hydroxylation is 1. The van der Waals surface area contributed by atoms with Crippen LogP contribution in [0.25, 0.3) is 5.76 Å². The fourth-order valence-corrected chi connectivity index (χ4v) is 5.49. The molecule has 2 aromatic carbocycles. The number of hydrogen-bond donors (Lipinski definition) is 1. The van der Waals surface area contributed by atoms with E-state index in [2.05, 4.69) is 11.9 Å². The zero-order chi connectivity index (χ0) is 28.8. The van der Waals surface area contributed by atoms with Gasteiger partial charge in [0.15, 0.2) is 16.6 Å². The molecule has 1 aliphatic rings. The number of unbranched alkanes of at least 4 members (excludes halogenated alkanes) is 2. The second-order valence-corrected chi connectivity index (χ2v) is 10.1. The summed E-state index contributed by atoms with van der Waals surface area (Å²) in [5, 5.41) is 11.5. The highest BCUT2D eigenvalue weighted by Gasteiger charge is 2.48. The van der Waals surface area contributed by atoms with Crippen molar-refractivity contribution < 1.29 is 33.7 Å². The lowest BCUT2D eigenvalue weighted by atomic mass is 9.95. The number of aliphatic hydroxyl groups excluding tert-OH is 1. The van der Waals surface area contributed by atoms with Crippen molar-refractivity contribution >= 4 is 39.9 Å². The number of ether oxygens (including phenoxy) is 3. The molecule has 1 aromatic heterocycles. The average molecular weight is 565 g/mol. The highest BCUT2D eigenvalue weighted by molar-refractivity contribution is 7.17. The summed E-state index contributed by atoms with van der Waals surface area (Å²) in [5.74, 6) is -1.65. The molecule has 1 unspecified atom stereocenters. The van der Waals surface area contributed by atoms with Gasteiger partial charge in [-0.1, -0.05) is 67.5 Å². The van der Waals surface area contributed by atoms with Crippen molar-refractivity contribution in [2.75, 3.05) is 25.2 Å². The lowest BCUT2D eigenvalue weighted by molar-refractivity contribution is -0.132. The van der Waals surface area contributed by atoms with Gasteiger partial charge in [-0.3, -0.25) is 14.5 Å². The first-order valence-electron chi connectivity index (χ1n) is 13.1. The molecule has 1 amide bonds. The van der Waals surface area contributed by atoms with Crippen LogP contribution in [0.3, 0.4) is 0 Å². The Balaban J connectivity index is 1.87.